The van der Waals surface area contributed by atoms with Crippen molar-refractivity contribution in [3.05, 3.63) is 24.1 Å². The van der Waals surface area contributed by atoms with Crippen molar-refractivity contribution in [3.8, 4) is 0 Å². The van der Waals surface area contributed by atoms with Crippen LogP contribution in [0.4, 0.5) is 0 Å². The fourth-order valence-corrected chi connectivity index (χ4v) is 0.663. The number of rotatable bonds is 2. The standard InChI is InChI=1S/C6H6BrNO/c7-3-1-2-6-4-8-9-5-6/h1-2,4-5H,3H2. The zero-order valence-corrected chi connectivity index (χ0v) is 6.34. The Balaban J connectivity index is 2.57. The SMILES string of the molecule is BrCC=Cc1cnoc1. The zero-order chi connectivity index (χ0) is 6.53. The third-order valence-electron chi connectivity index (χ3n) is 0.851. The van der Waals surface area contributed by atoms with Crippen LogP contribution in [0.15, 0.2) is 23.1 Å². The van der Waals surface area contributed by atoms with Gasteiger partial charge in [0.1, 0.15) is 6.26 Å². The highest BCUT2D eigenvalue weighted by Crippen LogP contribution is 1.99. The molecule has 9 heavy (non-hydrogen) atoms. The lowest BCUT2D eigenvalue weighted by Gasteiger charge is -1.75. The molecule has 0 aromatic carbocycles. The molecule has 0 bridgehead atoms. The molecule has 48 valence electrons. The van der Waals surface area contributed by atoms with Gasteiger partial charge in [0.15, 0.2) is 0 Å². The summed E-state index contributed by atoms with van der Waals surface area (Å²) in [6, 6.07) is 0. The molecule has 0 aliphatic heterocycles. The summed E-state index contributed by atoms with van der Waals surface area (Å²) in [4.78, 5) is 0. The predicted octanol–water partition coefficient (Wildman–Crippen LogP) is 2.08. The van der Waals surface area contributed by atoms with Crippen molar-refractivity contribution in [2.24, 2.45) is 0 Å². The lowest BCUT2D eigenvalue weighted by atomic mass is 10.3. The molecule has 0 unspecified atom stereocenters. The van der Waals surface area contributed by atoms with Gasteiger partial charge in [-0.25, -0.2) is 0 Å². The number of halogens is 1. The third-order valence-corrected chi connectivity index (χ3v) is 1.22. The molecule has 1 aromatic rings. The van der Waals surface area contributed by atoms with Gasteiger partial charge in [0, 0.05) is 10.9 Å². The second kappa shape index (κ2) is 3.45. The molecule has 1 heterocycles. The molecule has 0 atom stereocenters. The molecular weight excluding hydrogens is 182 g/mol. The topological polar surface area (TPSA) is 26.0 Å². The molecule has 0 aliphatic carbocycles. The third kappa shape index (κ3) is 2.01. The molecule has 0 N–H and O–H groups in total. The molecule has 1 rings (SSSR count). The maximum Gasteiger partial charge on any atom is 0.131 e. The molecule has 2 nitrogen and oxygen atoms in total. The van der Waals surface area contributed by atoms with E-state index in [1.54, 1.807) is 12.5 Å². The highest BCUT2D eigenvalue weighted by molar-refractivity contribution is 9.09. The summed E-state index contributed by atoms with van der Waals surface area (Å²) in [5, 5.41) is 4.39. The van der Waals surface area contributed by atoms with E-state index in [0.29, 0.717) is 0 Å². The molecular formula is C6H6BrNO. The Labute approximate surface area is 61.7 Å². The maximum absolute atomic E-state index is 4.59. The largest absolute Gasteiger partial charge is 0.364 e. The molecule has 3 heteroatoms. The number of nitrogens with zero attached hydrogens (tertiary/aromatic N) is 1. The molecule has 0 saturated carbocycles. The van der Waals surface area contributed by atoms with Gasteiger partial charge >= 0.3 is 0 Å². The van der Waals surface area contributed by atoms with Gasteiger partial charge in [-0.2, -0.15) is 0 Å². The Morgan fingerprint density at radius 1 is 1.78 bits per heavy atom. The zero-order valence-electron chi connectivity index (χ0n) is 4.75. The first kappa shape index (κ1) is 6.55. The molecule has 0 amide bonds. The quantitative estimate of drug-likeness (QED) is 0.664. The van der Waals surface area contributed by atoms with Crippen molar-refractivity contribution in [2.75, 3.05) is 5.33 Å². The Morgan fingerprint density at radius 2 is 2.67 bits per heavy atom. The van der Waals surface area contributed by atoms with Gasteiger partial charge in [-0.15, -0.1) is 0 Å². The van der Waals surface area contributed by atoms with Gasteiger partial charge in [-0.1, -0.05) is 33.2 Å². The number of hydrogen-bond acceptors (Lipinski definition) is 2. The van der Waals surface area contributed by atoms with Crippen LogP contribution < -0.4 is 0 Å². The van der Waals surface area contributed by atoms with Crippen molar-refractivity contribution in [3.63, 3.8) is 0 Å². The Bertz CT molecular complexity index is 181. The summed E-state index contributed by atoms with van der Waals surface area (Å²) in [6.45, 7) is 0. The summed E-state index contributed by atoms with van der Waals surface area (Å²) >= 11 is 3.26. The van der Waals surface area contributed by atoms with E-state index >= 15 is 0 Å². The van der Waals surface area contributed by atoms with Crippen molar-refractivity contribution >= 4 is 22.0 Å². The molecule has 0 saturated heterocycles. The number of alkyl halides is 1. The smallest absolute Gasteiger partial charge is 0.131 e. The van der Waals surface area contributed by atoms with Gasteiger partial charge in [-0.05, 0) is 0 Å². The molecule has 0 radical (unpaired) electrons. The number of hydrogen-bond donors (Lipinski definition) is 0. The van der Waals surface area contributed by atoms with Crippen LogP contribution in [0.25, 0.3) is 6.08 Å². The summed E-state index contributed by atoms with van der Waals surface area (Å²) in [5.41, 5.74) is 0.995. The van der Waals surface area contributed by atoms with Gasteiger partial charge in [0.25, 0.3) is 0 Å². The van der Waals surface area contributed by atoms with Crippen LogP contribution in [-0.4, -0.2) is 10.5 Å². The van der Waals surface area contributed by atoms with Gasteiger partial charge < -0.3 is 4.52 Å². The first-order valence-electron chi connectivity index (χ1n) is 2.55. The number of aromatic nitrogens is 1. The van der Waals surface area contributed by atoms with Crippen LogP contribution in [0.1, 0.15) is 5.56 Å². The Hall–Kier alpha value is -0.570. The van der Waals surface area contributed by atoms with E-state index in [9.17, 15) is 0 Å². The summed E-state index contributed by atoms with van der Waals surface area (Å²) in [7, 11) is 0. The van der Waals surface area contributed by atoms with E-state index in [0.717, 1.165) is 10.9 Å². The van der Waals surface area contributed by atoms with E-state index in [4.69, 9.17) is 0 Å². The summed E-state index contributed by atoms with van der Waals surface area (Å²) in [6.07, 6.45) is 7.18. The first-order valence-corrected chi connectivity index (χ1v) is 3.67. The van der Waals surface area contributed by atoms with Crippen LogP contribution in [-0.2, 0) is 0 Å². The van der Waals surface area contributed by atoms with Crippen LogP contribution in [0.5, 0.6) is 0 Å². The minimum Gasteiger partial charge on any atom is -0.364 e. The van der Waals surface area contributed by atoms with E-state index in [2.05, 4.69) is 25.6 Å². The van der Waals surface area contributed by atoms with E-state index in [1.807, 2.05) is 12.2 Å². The van der Waals surface area contributed by atoms with Crippen LogP contribution in [0.3, 0.4) is 0 Å². The lowest BCUT2D eigenvalue weighted by Crippen LogP contribution is -1.61. The summed E-state index contributed by atoms with van der Waals surface area (Å²) in [5.74, 6) is 0. The predicted molar refractivity (Wildman–Crippen MR) is 39.3 cm³/mol. The van der Waals surface area contributed by atoms with Gasteiger partial charge in [-0.3, -0.25) is 0 Å². The van der Waals surface area contributed by atoms with Crippen LogP contribution >= 0.6 is 15.9 Å². The highest BCUT2D eigenvalue weighted by Gasteiger charge is 1.84. The monoisotopic (exact) mass is 187 g/mol. The fourth-order valence-electron chi connectivity index (χ4n) is 0.476. The Morgan fingerprint density at radius 3 is 3.22 bits per heavy atom. The molecule has 0 spiro atoms. The molecule has 1 aromatic heterocycles. The van der Waals surface area contributed by atoms with Gasteiger partial charge in [0.05, 0.1) is 6.20 Å². The second-order valence-electron chi connectivity index (χ2n) is 1.51. The second-order valence-corrected chi connectivity index (χ2v) is 2.16. The molecule has 0 aliphatic rings. The van der Waals surface area contributed by atoms with Crippen molar-refractivity contribution in [1.82, 2.24) is 5.16 Å². The van der Waals surface area contributed by atoms with Crippen molar-refractivity contribution in [1.29, 1.82) is 0 Å². The minimum absolute atomic E-state index is 0.859. The minimum atomic E-state index is 0.859. The van der Waals surface area contributed by atoms with E-state index in [1.165, 1.54) is 0 Å². The van der Waals surface area contributed by atoms with Crippen molar-refractivity contribution in [2.45, 2.75) is 0 Å². The lowest BCUT2D eigenvalue weighted by molar-refractivity contribution is 0.419. The first-order chi connectivity index (χ1) is 4.43. The highest BCUT2D eigenvalue weighted by atomic mass is 79.9. The average Bonchev–Trinajstić information content (AvgIpc) is 2.34. The average molecular weight is 188 g/mol. The number of allylic oxidation sites excluding steroid dienone is 1. The fraction of sp³-hybridized carbons (Fsp3) is 0.167. The Kier molecular flexibility index (Phi) is 2.51. The normalized spacial score (nSPS) is 10.8. The van der Waals surface area contributed by atoms with Gasteiger partial charge in [0.2, 0.25) is 0 Å². The maximum atomic E-state index is 4.59. The molecule has 0 fully saturated rings. The van der Waals surface area contributed by atoms with E-state index < -0.39 is 0 Å². The summed E-state index contributed by atoms with van der Waals surface area (Å²) < 4.78 is 4.59. The van der Waals surface area contributed by atoms with Crippen LogP contribution in [0, 0.1) is 0 Å². The van der Waals surface area contributed by atoms with E-state index in [-0.39, 0.29) is 0 Å². The van der Waals surface area contributed by atoms with Crippen molar-refractivity contribution < 1.29 is 4.52 Å². The van der Waals surface area contributed by atoms with Crippen LogP contribution in [0.2, 0.25) is 0 Å².